The molecule has 140 valence electrons. The Morgan fingerprint density at radius 2 is 1.88 bits per heavy atom. The van der Waals surface area contributed by atoms with Crippen LogP contribution in [0.3, 0.4) is 0 Å². The summed E-state index contributed by atoms with van der Waals surface area (Å²) in [6, 6.07) is 10.5. The number of nitrogens with zero attached hydrogens (tertiary/aromatic N) is 1. The Morgan fingerprint density at radius 1 is 1.15 bits per heavy atom. The first-order valence-electron chi connectivity index (χ1n) is 9.66. The SMILES string of the molecule is CCCCNC1CCC(NC(=O)Nc2c[nH]nc2-c2ccccc2)CC1. The molecule has 6 nitrogen and oxygen atoms in total. The lowest BCUT2D eigenvalue weighted by molar-refractivity contribution is 0.240. The van der Waals surface area contributed by atoms with E-state index in [9.17, 15) is 4.79 Å². The predicted molar refractivity (Wildman–Crippen MR) is 105 cm³/mol. The van der Waals surface area contributed by atoms with E-state index in [1.165, 1.54) is 12.8 Å². The second-order valence-electron chi connectivity index (χ2n) is 6.97. The summed E-state index contributed by atoms with van der Waals surface area (Å²) >= 11 is 0. The number of carbonyl (C=O) groups excluding carboxylic acids is 1. The number of amides is 2. The minimum atomic E-state index is -0.161. The second-order valence-corrected chi connectivity index (χ2v) is 6.97. The van der Waals surface area contributed by atoms with Crippen molar-refractivity contribution in [2.24, 2.45) is 0 Å². The highest BCUT2D eigenvalue weighted by atomic mass is 16.2. The largest absolute Gasteiger partial charge is 0.335 e. The lowest BCUT2D eigenvalue weighted by Crippen LogP contribution is -2.43. The number of aromatic nitrogens is 2. The van der Waals surface area contributed by atoms with Crippen LogP contribution in [-0.4, -0.2) is 34.9 Å². The molecule has 0 atom stereocenters. The maximum absolute atomic E-state index is 12.4. The van der Waals surface area contributed by atoms with Crippen LogP contribution in [0.25, 0.3) is 11.3 Å². The fraction of sp³-hybridized carbons (Fsp3) is 0.500. The Labute approximate surface area is 155 Å². The van der Waals surface area contributed by atoms with E-state index in [1.54, 1.807) is 6.20 Å². The molecule has 6 heteroatoms. The number of nitrogens with one attached hydrogen (secondary N) is 4. The van der Waals surface area contributed by atoms with Gasteiger partial charge in [0.15, 0.2) is 0 Å². The van der Waals surface area contributed by atoms with Crippen molar-refractivity contribution in [2.45, 2.75) is 57.5 Å². The van der Waals surface area contributed by atoms with E-state index >= 15 is 0 Å². The first-order chi connectivity index (χ1) is 12.8. The van der Waals surface area contributed by atoms with E-state index in [1.807, 2.05) is 30.3 Å². The zero-order valence-electron chi connectivity index (χ0n) is 15.4. The van der Waals surface area contributed by atoms with Crippen LogP contribution in [-0.2, 0) is 0 Å². The van der Waals surface area contributed by atoms with Gasteiger partial charge in [-0.25, -0.2) is 4.79 Å². The quantitative estimate of drug-likeness (QED) is 0.569. The molecule has 0 radical (unpaired) electrons. The summed E-state index contributed by atoms with van der Waals surface area (Å²) in [6.07, 6.45) is 8.46. The zero-order valence-corrected chi connectivity index (χ0v) is 15.4. The topological polar surface area (TPSA) is 81.8 Å². The van der Waals surface area contributed by atoms with Gasteiger partial charge in [0.1, 0.15) is 5.69 Å². The minimum absolute atomic E-state index is 0.161. The fourth-order valence-corrected chi connectivity index (χ4v) is 3.47. The predicted octanol–water partition coefficient (Wildman–Crippen LogP) is 3.90. The maximum Gasteiger partial charge on any atom is 0.319 e. The average Bonchev–Trinajstić information content (AvgIpc) is 3.12. The Bertz CT molecular complexity index is 677. The number of H-pyrrole nitrogens is 1. The molecule has 0 spiro atoms. The molecule has 0 unspecified atom stereocenters. The van der Waals surface area contributed by atoms with Gasteiger partial charge >= 0.3 is 6.03 Å². The molecule has 0 bridgehead atoms. The van der Waals surface area contributed by atoms with Crippen LogP contribution >= 0.6 is 0 Å². The molecule has 1 saturated carbocycles. The molecule has 1 aromatic carbocycles. The van der Waals surface area contributed by atoms with E-state index in [0.717, 1.165) is 43.5 Å². The number of urea groups is 1. The van der Waals surface area contributed by atoms with Gasteiger partial charge in [-0.2, -0.15) is 5.10 Å². The third-order valence-corrected chi connectivity index (χ3v) is 4.96. The fourth-order valence-electron chi connectivity index (χ4n) is 3.47. The molecule has 0 aliphatic heterocycles. The van der Waals surface area contributed by atoms with Crippen LogP contribution in [0.15, 0.2) is 36.5 Å². The lowest BCUT2D eigenvalue weighted by Gasteiger charge is -2.29. The summed E-state index contributed by atoms with van der Waals surface area (Å²) in [5, 5.41) is 16.7. The van der Waals surface area contributed by atoms with Crippen LogP contribution in [0.1, 0.15) is 45.4 Å². The summed E-state index contributed by atoms with van der Waals surface area (Å²) in [5.74, 6) is 0. The molecule has 4 N–H and O–H groups in total. The third-order valence-electron chi connectivity index (χ3n) is 4.96. The van der Waals surface area contributed by atoms with Crippen molar-refractivity contribution in [3.8, 4) is 11.3 Å². The van der Waals surface area contributed by atoms with Crippen molar-refractivity contribution in [1.29, 1.82) is 0 Å². The number of aromatic amines is 1. The molecule has 1 aromatic heterocycles. The van der Waals surface area contributed by atoms with E-state index in [-0.39, 0.29) is 12.1 Å². The lowest BCUT2D eigenvalue weighted by atomic mass is 9.91. The number of hydrogen-bond acceptors (Lipinski definition) is 3. The van der Waals surface area contributed by atoms with Gasteiger partial charge in [0.25, 0.3) is 0 Å². The van der Waals surface area contributed by atoms with E-state index in [0.29, 0.717) is 11.7 Å². The highest BCUT2D eigenvalue weighted by Crippen LogP contribution is 2.25. The molecule has 1 fully saturated rings. The smallest absolute Gasteiger partial charge is 0.319 e. The molecule has 0 saturated heterocycles. The molecule has 2 aromatic rings. The zero-order chi connectivity index (χ0) is 18.2. The molecular weight excluding hydrogens is 326 g/mol. The van der Waals surface area contributed by atoms with Gasteiger partial charge in [0, 0.05) is 23.8 Å². The van der Waals surface area contributed by atoms with Gasteiger partial charge < -0.3 is 16.0 Å². The van der Waals surface area contributed by atoms with Gasteiger partial charge in [-0.1, -0.05) is 43.7 Å². The van der Waals surface area contributed by atoms with Crippen LogP contribution in [0.2, 0.25) is 0 Å². The van der Waals surface area contributed by atoms with E-state index < -0.39 is 0 Å². The van der Waals surface area contributed by atoms with Gasteiger partial charge in [-0.15, -0.1) is 0 Å². The molecular formula is C20H29N5O. The van der Waals surface area contributed by atoms with Gasteiger partial charge in [0.05, 0.1) is 5.69 Å². The van der Waals surface area contributed by atoms with Crippen molar-refractivity contribution >= 4 is 11.7 Å². The van der Waals surface area contributed by atoms with Crippen LogP contribution in [0, 0.1) is 0 Å². The summed E-state index contributed by atoms with van der Waals surface area (Å²) < 4.78 is 0. The highest BCUT2D eigenvalue weighted by Gasteiger charge is 2.22. The number of rotatable bonds is 7. The molecule has 26 heavy (non-hydrogen) atoms. The first-order valence-corrected chi connectivity index (χ1v) is 9.66. The van der Waals surface area contributed by atoms with Crippen LogP contribution in [0.5, 0.6) is 0 Å². The van der Waals surface area contributed by atoms with Gasteiger partial charge in [0.2, 0.25) is 0 Å². The van der Waals surface area contributed by atoms with Gasteiger partial charge in [-0.3, -0.25) is 5.10 Å². The van der Waals surface area contributed by atoms with Crippen molar-refractivity contribution in [3.05, 3.63) is 36.5 Å². The normalized spacial score (nSPS) is 19.9. The summed E-state index contributed by atoms with van der Waals surface area (Å²) in [4.78, 5) is 12.4. The first kappa shape index (κ1) is 18.5. The molecule has 1 aliphatic rings. The van der Waals surface area contributed by atoms with Crippen LogP contribution < -0.4 is 16.0 Å². The summed E-state index contributed by atoms with van der Waals surface area (Å²) in [6.45, 7) is 3.31. The Hall–Kier alpha value is -2.34. The van der Waals surface area contributed by atoms with Crippen molar-refractivity contribution in [1.82, 2.24) is 20.8 Å². The molecule has 3 rings (SSSR count). The monoisotopic (exact) mass is 355 g/mol. The number of hydrogen-bond donors (Lipinski definition) is 4. The van der Waals surface area contributed by atoms with E-state index in [2.05, 4.69) is 33.1 Å². The number of anilines is 1. The standard InChI is InChI=1S/C20H29N5O/c1-2-3-13-21-16-9-11-17(12-10-16)23-20(26)24-18-14-22-25-19(18)15-7-5-4-6-8-15/h4-8,14,16-17,21H,2-3,9-13H2,1H3,(H,22,25)(H2,23,24,26). The molecule has 1 aliphatic carbocycles. The summed E-state index contributed by atoms with van der Waals surface area (Å²) in [5.41, 5.74) is 2.43. The van der Waals surface area contributed by atoms with Gasteiger partial charge in [-0.05, 0) is 38.6 Å². The number of benzene rings is 1. The molecule has 1 heterocycles. The highest BCUT2D eigenvalue weighted by molar-refractivity contribution is 5.93. The second kappa shape index (κ2) is 9.38. The Balaban J connectivity index is 1.47. The Morgan fingerprint density at radius 3 is 2.62 bits per heavy atom. The van der Waals surface area contributed by atoms with E-state index in [4.69, 9.17) is 0 Å². The maximum atomic E-state index is 12.4. The minimum Gasteiger partial charge on any atom is -0.335 e. The van der Waals surface area contributed by atoms with Crippen molar-refractivity contribution in [3.63, 3.8) is 0 Å². The molecule has 2 amide bonds. The third kappa shape index (κ3) is 5.08. The van der Waals surface area contributed by atoms with Crippen LogP contribution in [0.4, 0.5) is 10.5 Å². The number of unbranched alkanes of at least 4 members (excludes halogenated alkanes) is 1. The Kier molecular flexibility index (Phi) is 6.66. The average molecular weight is 355 g/mol. The van der Waals surface area contributed by atoms with Crippen molar-refractivity contribution in [2.75, 3.05) is 11.9 Å². The summed E-state index contributed by atoms with van der Waals surface area (Å²) in [7, 11) is 0. The van der Waals surface area contributed by atoms with Crippen molar-refractivity contribution < 1.29 is 4.79 Å². The number of carbonyl (C=O) groups is 1.